The number of hydrogen-bond acceptors (Lipinski definition) is 11. The number of para-hydroxylation sites is 2. The van der Waals surface area contributed by atoms with Gasteiger partial charge in [0.25, 0.3) is 0 Å². The Hall–Kier alpha value is -6.24. The van der Waals surface area contributed by atoms with Gasteiger partial charge in [0.05, 0.1) is 44.7 Å². The van der Waals surface area contributed by atoms with Crippen LogP contribution in [-0.4, -0.2) is 44.9 Å². The summed E-state index contributed by atoms with van der Waals surface area (Å²) in [6.07, 6.45) is 8.52. The number of carbonyl (C=O) groups is 1. The molecule has 2 aromatic heterocycles. The van der Waals surface area contributed by atoms with E-state index < -0.39 is 11.4 Å². The van der Waals surface area contributed by atoms with Crippen molar-refractivity contribution in [3.05, 3.63) is 126 Å². The van der Waals surface area contributed by atoms with Gasteiger partial charge in [-0.25, -0.2) is 19.7 Å². The molecule has 50 heavy (non-hydrogen) atoms. The molecule has 0 saturated carbocycles. The number of methoxy groups -OCH3 is 2. The molecule has 0 saturated heterocycles. The Bertz CT molecular complexity index is 1970. The van der Waals surface area contributed by atoms with Crippen LogP contribution in [-0.2, 0) is 26.2 Å². The van der Waals surface area contributed by atoms with Crippen LogP contribution in [0.15, 0.2) is 104 Å². The third-order valence-corrected chi connectivity index (χ3v) is 7.59. The molecule has 254 valence electrons. The van der Waals surface area contributed by atoms with Crippen LogP contribution in [0.5, 0.6) is 23.3 Å². The van der Waals surface area contributed by atoms with Crippen LogP contribution in [0, 0.1) is 22.7 Å². The highest BCUT2D eigenvalue weighted by molar-refractivity contribution is 6.30. The smallest absolute Gasteiger partial charge is 0.341 e. The Labute approximate surface area is 295 Å². The molecule has 1 unspecified atom stereocenters. The van der Waals surface area contributed by atoms with Crippen LogP contribution in [0.4, 0.5) is 0 Å². The summed E-state index contributed by atoms with van der Waals surface area (Å²) in [5.74, 6) is 0.520. The van der Waals surface area contributed by atoms with E-state index in [2.05, 4.69) is 39.1 Å². The number of nitrogens with zero attached hydrogens (tertiary/aromatic N) is 7. The van der Waals surface area contributed by atoms with E-state index in [4.69, 9.17) is 30.5 Å². The number of nitriles is 2. The molecule has 13 heteroatoms. The van der Waals surface area contributed by atoms with E-state index in [9.17, 15) is 15.3 Å². The molecule has 12 nitrogen and oxygen atoms in total. The second-order valence-electron chi connectivity index (χ2n) is 10.7. The molecule has 5 aromatic rings. The summed E-state index contributed by atoms with van der Waals surface area (Å²) < 4.78 is 23.1. The fourth-order valence-electron chi connectivity index (χ4n) is 4.84. The summed E-state index contributed by atoms with van der Waals surface area (Å²) in [5.41, 5.74) is 1.41. The lowest BCUT2D eigenvalue weighted by Crippen LogP contribution is -2.30. The van der Waals surface area contributed by atoms with E-state index >= 15 is 0 Å². The SMILES string of the molecule is CCCCC(C#N)(Cn1cncn1)c1ccc(Cl)cc1.CO/C=C(/C(=O)OC)c1ccccc1Oc1cc(Oc2ccccc2C#N)ncn1. The molecular weight excluding hydrogens is 658 g/mol. The summed E-state index contributed by atoms with van der Waals surface area (Å²) in [7, 11) is 2.71. The van der Waals surface area contributed by atoms with Crippen molar-refractivity contribution in [3.8, 4) is 35.4 Å². The number of hydrogen-bond donors (Lipinski definition) is 0. The molecule has 0 spiro atoms. The van der Waals surface area contributed by atoms with Crippen molar-refractivity contribution in [2.45, 2.75) is 38.1 Å². The van der Waals surface area contributed by atoms with Gasteiger partial charge in [0, 0.05) is 10.6 Å². The van der Waals surface area contributed by atoms with Gasteiger partial charge < -0.3 is 18.9 Å². The van der Waals surface area contributed by atoms with E-state index in [1.807, 2.05) is 24.3 Å². The van der Waals surface area contributed by atoms with Gasteiger partial charge >= 0.3 is 5.97 Å². The van der Waals surface area contributed by atoms with E-state index in [-0.39, 0.29) is 17.3 Å². The molecular formula is C37H34ClN7O5. The zero-order valence-electron chi connectivity index (χ0n) is 27.7. The number of esters is 1. The second kappa shape index (κ2) is 18.3. The van der Waals surface area contributed by atoms with Gasteiger partial charge in [-0.15, -0.1) is 0 Å². The average molecular weight is 692 g/mol. The summed E-state index contributed by atoms with van der Waals surface area (Å²) in [4.78, 5) is 24.2. The zero-order valence-corrected chi connectivity index (χ0v) is 28.4. The van der Waals surface area contributed by atoms with E-state index in [1.54, 1.807) is 59.5 Å². The minimum atomic E-state index is -0.589. The predicted octanol–water partition coefficient (Wildman–Crippen LogP) is 7.68. The third kappa shape index (κ3) is 9.66. The van der Waals surface area contributed by atoms with Gasteiger partial charge in [0.2, 0.25) is 11.8 Å². The van der Waals surface area contributed by atoms with Crippen molar-refractivity contribution in [3.63, 3.8) is 0 Å². The highest BCUT2D eigenvalue weighted by Gasteiger charge is 2.33. The van der Waals surface area contributed by atoms with Crippen molar-refractivity contribution >= 4 is 23.1 Å². The zero-order chi connectivity index (χ0) is 35.8. The number of aromatic nitrogens is 5. The number of halogens is 1. The van der Waals surface area contributed by atoms with Gasteiger partial charge in [-0.05, 0) is 42.3 Å². The minimum Gasteiger partial charge on any atom is -0.503 e. The van der Waals surface area contributed by atoms with Crippen molar-refractivity contribution in [1.29, 1.82) is 10.5 Å². The van der Waals surface area contributed by atoms with Crippen LogP contribution >= 0.6 is 11.6 Å². The van der Waals surface area contributed by atoms with E-state index in [0.717, 1.165) is 24.8 Å². The van der Waals surface area contributed by atoms with Crippen LogP contribution in [0.1, 0.15) is 42.9 Å². The Morgan fingerprint density at radius 2 is 1.62 bits per heavy atom. The van der Waals surface area contributed by atoms with Crippen molar-refractivity contribution in [1.82, 2.24) is 24.7 Å². The first kappa shape index (κ1) is 36.6. The highest BCUT2D eigenvalue weighted by atomic mass is 35.5. The Morgan fingerprint density at radius 1 is 0.940 bits per heavy atom. The lowest BCUT2D eigenvalue weighted by atomic mass is 9.77. The first-order valence-corrected chi connectivity index (χ1v) is 15.8. The van der Waals surface area contributed by atoms with Crippen molar-refractivity contribution < 1.29 is 23.7 Å². The highest BCUT2D eigenvalue weighted by Crippen LogP contribution is 2.33. The molecule has 3 aromatic carbocycles. The van der Waals surface area contributed by atoms with Gasteiger partial charge in [0.15, 0.2) is 0 Å². The molecule has 0 aliphatic rings. The molecule has 2 heterocycles. The summed E-state index contributed by atoms with van der Waals surface area (Å²) in [5, 5.41) is 23.8. The van der Waals surface area contributed by atoms with Crippen LogP contribution in [0.25, 0.3) is 5.57 Å². The normalized spacial score (nSPS) is 11.8. The standard InChI is InChI=1S/C22H17N3O5.C15H17ClN4/c1-27-13-17(22(26)28-2)16-8-4-6-10-19(16)30-21-11-20(24-14-25-21)29-18-9-5-3-7-15(18)12-23;1-2-3-8-15(9-17,10-20-12-18-11-19-20)13-4-6-14(16)7-5-13/h3-11,13-14H,1-2H3;4-7,11-12H,2-3,8,10H2,1H3/b17-13+;. The summed E-state index contributed by atoms with van der Waals surface area (Å²) >= 11 is 5.94. The van der Waals surface area contributed by atoms with E-state index in [1.165, 1.54) is 39.2 Å². The Kier molecular flexibility index (Phi) is 13.4. The fraction of sp³-hybridized carbons (Fsp3) is 0.216. The monoisotopic (exact) mass is 691 g/mol. The second-order valence-corrected chi connectivity index (χ2v) is 11.1. The summed E-state index contributed by atoms with van der Waals surface area (Å²) in [6, 6.07) is 27.2. The number of carbonyl (C=O) groups excluding carboxylic acids is 1. The largest absolute Gasteiger partial charge is 0.503 e. The third-order valence-electron chi connectivity index (χ3n) is 7.34. The van der Waals surface area contributed by atoms with Gasteiger partial charge in [-0.2, -0.15) is 15.6 Å². The lowest BCUT2D eigenvalue weighted by molar-refractivity contribution is -0.133. The predicted molar refractivity (Wildman–Crippen MR) is 185 cm³/mol. The summed E-state index contributed by atoms with van der Waals surface area (Å²) in [6.45, 7) is 2.63. The molecule has 5 rings (SSSR count). The van der Waals surface area contributed by atoms with Gasteiger partial charge in [-0.1, -0.05) is 73.8 Å². The fourth-order valence-corrected chi connectivity index (χ4v) is 4.97. The van der Waals surface area contributed by atoms with Crippen molar-refractivity contribution in [2.75, 3.05) is 14.2 Å². The number of unbranched alkanes of at least 4 members (excludes halogenated alkanes) is 1. The maximum Gasteiger partial charge on any atom is 0.341 e. The van der Waals surface area contributed by atoms with Gasteiger partial charge in [0.1, 0.15) is 47.5 Å². The molecule has 0 radical (unpaired) electrons. The first-order chi connectivity index (χ1) is 24.4. The topological polar surface area (TPSA) is 158 Å². The molecule has 0 amide bonds. The Morgan fingerprint density at radius 3 is 2.24 bits per heavy atom. The van der Waals surface area contributed by atoms with Gasteiger partial charge in [-0.3, -0.25) is 4.68 Å². The molecule has 0 N–H and O–H groups in total. The number of ether oxygens (including phenoxy) is 4. The van der Waals surface area contributed by atoms with E-state index in [0.29, 0.717) is 34.2 Å². The number of rotatable bonds is 13. The molecule has 0 aliphatic heterocycles. The minimum absolute atomic E-state index is 0.184. The molecule has 0 bridgehead atoms. The van der Waals surface area contributed by atoms with Crippen LogP contribution < -0.4 is 9.47 Å². The first-order valence-electron chi connectivity index (χ1n) is 15.4. The molecule has 1 atom stereocenters. The molecule has 0 aliphatic carbocycles. The van der Waals surface area contributed by atoms with Crippen LogP contribution in [0.3, 0.4) is 0 Å². The Balaban J connectivity index is 0.000000244. The average Bonchev–Trinajstić information content (AvgIpc) is 3.66. The van der Waals surface area contributed by atoms with Crippen LogP contribution in [0.2, 0.25) is 5.02 Å². The lowest BCUT2D eigenvalue weighted by Gasteiger charge is -2.27. The maximum atomic E-state index is 12.1. The maximum absolute atomic E-state index is 12.1. The quantitative estimate of drug-likeness (QED) is 0.0677. The number of benzene rings is 3. The molecule has 0 fully saturated rings. The van der Waals surface area contributed by atoms with Crippen molar-refractivity contribution in [2.24, 2.45) is 0 Å².